The Morgan fingerprint density at radius 2 is 1.36 bits per heavy atom. The molecule has 0 unspecified atom stereocenters. The lowest BCUT2D eigenvalue weighted by Crippen LogP contribution is -2.49. The summed E-state index contributed by atoms with van der Waals surface area (Å²) in [4.78, 5) is 23.5. The van der Waals surface area contributed by atoms with E-state index in [0.717, 1.165) is 30.1 Å². The molecule has 1 amide bonds. The molecule has 0 N–H and O–H groups in total. The molecule has 4 rings (SSSR count). The number of amides is 1. The summed E-state index contributed by atoms with van der Waals surface area (Å²) >= 11 is 0. The molecule has 36 heavy (non-hydrogen) atoms. The van der Waals surface area contributed by atoms with Gasteiger partial charge >= 0.3 is 18.4 Å². The number of halogens is 6. The van der Waals surface area contributed by atoms with Gasteiger partial charge in [0, 0.05) is 50.7 Å². The number of pyridine rings is 2. The van der Waals surface area contributed by atoms with Crippen LogP contribution >= 0.6 is 0 Å². The van der Waals surface area contributed by atoms with Gasteiger partial charge in [0.15, 0.2) is 0 Å². The van der Waals surface area contributed by atoms with Crippen molar-refractivity contribution < 1.29 is 35.9 Å². The number of alkyl halides is 6. The molecule has 0 aliphatic carbocycles. The highest BCUT2D eigenvalue weighted by molar-refractivity contribution is 5.71. The Hall–Kier alpha value is -3.83. The highest BCUT2D eigenvalue weighted by Gasteiger charge is 2.32. The molecule has 3 aromatic rings. The number of carbonyl (C=O) groups is 1. The van der Waals surface area contributed by atoms with Gasteiger partial charge in [-0.05, 0) is 42.0 Å². The Bertz CT molecular complexity index is 1170. The fourth-order valence-corrected chi connectivity index (χ4v) is 3.61. The van der Waals surface area contributed by atoms with Crippen molar-refractivity contribution in [2.75, 3.05) is 31.1 Å². The maximum atomic E-state index is 12.7. The van der Waals surface area contributed by atoms with Crippen molar-refractivity contribution in [3.05, 3.63) is 83.3 Å². The topological polar surface area (TPSA) is 58.6 Å². The number of piperazine rings is 1. The van der Waals surface area contributed by atoms with E-state index in [-0.39, 0.29) is 0 Å². The van der Waals surface area contributed by atoms with Crippen LogP contribution in [0.15, 0.2) is 60.9 Å². The number of anilines is 1. The van der Waals surface area contributed by atoms with Gasteiger partial charge in [0.25, 0.3) is 0 Å². The Labute approximate surface area is 202 Å². The number of benzene rings is 1. The largest absolute Gasteiger partial charge is 0.417 e. The number of hydrogen-bond donors (Lipinski definition) is 0. The second-order valence-corrected chi connectivity index (χ2v) is 8.10. The zero-order chi connectivity index (χ0) is 25.9. The predicted octanol–water partition coefficient (Wildman–Crippen LogP) is 5.43. The van der Waals surface area contributed by atoms with Crippen LogP contribution in [-0.4, -0.2) is 47.1 Å². The van der Waals surface area contributed by atoms with Crippen LogP contribution in [0.2, 0.25) is 0 Å². The third-order valence-corrected chi connectivity index (χ3v) is 5.60. The predicted molar refractivity (Wildman–Crippen MR) is 118 cm³/mol. The molecular formula is C24H20F6N4O2. The first-order valence-electron chi connectivity index (χ1n) is 10.8. The standard InChI is InChI=1S/C24H20F6N4O2/c25-23(26,27)17-3-5-19(31-14-17)13-16-1-6-20(7-2-16)36-22(35)34-11-9-33(10-12-34)21-8-4-18(15-32-21)24(28,29)30/h1-8,14-15H,9-13H2. The first-order valence-corrected chi connectivity index (χ1v) is 10.8. The van der Waals surface area contributed by atoms with E-state index in [0.29, 0.717) is 49.9 Å². The Kier molecular flexibility index (Phi) is 7.04. The quantitative estimate of drug-likeness (QED) is 0.439. The number of nitrogens with zero attached hydrogens (tertiary/aromatic N) is 4. The lowest BCUT2D eigenvalue weighted by atomic mass is 10.1. The first-order chi connectivity index (χ1) is 17.0. The van der Waals surface area contributed by atoms with Crippen LogP contribution in [0.3, 0.4) is 0 Å². The molecule has 12 heteroatoms. The van der Waals surface area contributed by atoms with Gasteiger partial charge in [-0.15, -0.1) is 0 Å². The van der Waals surface area contributed by atoms with Crippen LogP contribution in [0.1, 0.15) is 22.4 Å². The van der Waals surface area contributed by atoms with Gasteiger partial charge in [-0.1, -0.05) is 12.1 Å². The van der Waals surface area contributed by atoms with Crippen LogP contribution < -0.4 is 9.64 Å². The maximum absolute atomic E-state index is 12.7. The van der Waals surface area contributed by atoms with Gasteiger partial charge in [0.2, 0.25) is 0 Å². The van der Waals surface area contributed by atoms with E-state index in [9.17, 15) is 31.1 Å². The molecule has 0 radical (unpaired) electrons. The average molecular weight is 510 g/mol. The second kappa shape index (κ2) is 10.0. The van der Waals surface area contributed by atoms with Crippen molar-refractivity contribution in [3.8, 4) is 5.75 Å². The SMILES string of the molecule is O=C(Oc1ccc(Cc2ccc(C(F)(F)F)cn2)cc1)N1CCN(c2ccc(C(F)(F)F)cn2)CC1. The molecule has 1 aromatic carbocycles. The third-order valence-electron chi connectivity index (χ3n) is 5.60. The van der Waals surface area contributed by atoms with Crippen molar-refractivity contribution >= 4 is 11.9 Å². The number of aromatic nitrogens is 2. The molecule has 0 atom stereocenters. The van der Waals surface area contributed by atoms with E-state index < -0.39 is 29.6 Å². The fourth-order valence-electron chi connectivity index (χ4n) is 3.61. The molecule has 6 nitrogen and oxygen atoms in total. The van der Waals surface area contributed by atoms with Gasteiger partial charge in [-0.2, -0.15) is 26.3 Å². The van der Waals surface area contributed by atoms with E-state index >= 15 is 0 Å². The third kappa shape index (κ3) is 6.23. The summed E-state index contributed by atoms with van der Waals surface area (Å²) in [7, 11) is 0. The number of hydrogen-bond acceptors (Lipinski definition) is 5. The smallest absolute Gasteiger partial charge is 0.410 e. The Balaban J connectivity index is 1.27. The lowest BCUT2D eigenvalue weighted by molar-refractivity contribution is -0.138. The minimum atomic E-state index is -4.45. The van der Waals surface area contributed by atoms with Crippen molar-refractivity contribution in [2.24, 2.45) is 0 Å². The number of rotatable bonds is 4. The fraction of sp³-hybridized carbons (Fsp3) is 0.292. The summed E-state index contributed by atoms with van der Waals surface area (Å²) in [5.74, 6) is 0.699. The zero-order valence-corrected chi connectivity index (χ0v) is 18.7. The van der Waals surface area contributed by atoms with Gasteiger partial charge in [0.05, 0.1) is 11.1 Å². The van der Waals surface area contributed by atoms with Crippen LogP contribution in [0.4, 0.5) is 37.0 Å². The molecule has 190 valence electrons. The molecule has 1 fully saturated rings. The summed E-state index contributed by atoms with van der Waals surface area (Å²) in [5.41, 5.74) is -0.395. The summed E-state index contributed by atoms with van der Waals surface area (Å²) < 4.78 is 81.5. The maximum Gasteiger partial charge on any atom is 0.417 e. The highest BCUT2D eigenvalue weighted by Crippen LogP contribution is 2.30. The Morgan fingerprint density at radius 1 is 0.778 bits per heavy atom. The average Bonchev–Trinajstić information content (AvgIpc) is 2.85. The van der Waals surface area contributed by atoms with Crippen molar-refractivity contribution in [2.45, 2.75) is 18.8 Å². The zero-order valence-electron chi connectivity index (χ0n) is 18.7. The second-order valence-electron chi connectivity index (χ2n) is 8.10. The molecule has 0 bridgehead atoms. The van der Waals surface area contributed by atoms with Crippen molar-refractivity contribution in [1.29, 1.82) is 0 Å². The number of carbonyl (C=O) groups excluding carboxylic acids is 1. The van der Waals surface area contributed by atoms with Crippen LogP contribution in [0, 0.1) is 0 Å². The van der Waals surface area contributed by atoms with E-state index in [2.05, 4.69) is 9.97 Å². The minimum absolute atomic E-state index is 0.302. The molecule has 1 aliphatic rings. The van der Waals surface area contributed by atoms with Crippen LogP contribution in [0.5, 0.6) is 5.75 Å². The summed E-state index contributed by atoms with van der Waals surface area (Å²) in [6, 6.07) is 11.1. The summed E-state index contributed by atoms with van der Waals surface area (Å²) in [6.07, 6.45) is -7.57. The molecule has 3 heterocycles. The van der Waals surface area contributed by atoms with E-state index in [1.807, 2.05) is 0 Å². The molecule has 0 saturated carbocycles. The normalized spacial score (nSPS) is 14.6. The number of ether oxygens (including phenoxy) is 1. The monoisotopic (exact) mass is 510 g/mol. The van der Waals surface area contributed by atoms with E-state index in [1.165, 1.54) is 17.0 Å². The molecule has 0 spiro atoms. The van der Waals surface area contributed by atoms with Gasteiger partial charge in [-0.3, -0.25) is 4.98 Å². The molecular weight excluding hydrogens is 490 g/mol. The Morgan fingerprint density at radius 3 is 1.86 bits per heavy atom. The minimum Gasteiger partial charge on any atom is -0.410 e. The van der Waals surface area contributed by atoms with Crippen LogP contribution in [-0.2, 0) is 18.8 Å². The van der Waals surface area contributed by atoms with Crippen LogP contribution in [0.25, 0.3) is 0 Å². The lowest BCUT2D eigenvalue weighted by Gasteiger charge is -2.34. The molecule has 1 aliphatic heterocycles. The van der Waals surface area contributed by atoms with Gasteiger partial charge in [0.1, 0.15) is 11.6 Å². The van der Waals surface area contributed by atoms with Crippen molar-refractivity contribution in [3.63, 3.8) is 0 Å². The highest BCUT2D eigenvalue weighted by atomic mass is 19.4. The summed E-state index contributed by atoms with van der Waals surface area (Å²) in [6.45, 7) is 1.37. The van der Waals surface area contributed by atoms with E-state index in [1.54, 1.807) is 29.2 Å². The van der Waals surface area contributed by atoms with E-state index in [4.69, 9.17) is 4.74 Å². The first kappa shape index (κ1) is 25.3. The molecule has 1 saturated heterocycles. The van der Waals surface area contributed by atoms with Gasteiger partial charge in [-0.25, -0.2) is 9.78 Å². The summed E-state index contributed by atoms with van der Waals surface area (Å²) in [5, 5.41) is 0. The van der Waals surface area contributed by atoms with Crippen molar-refractivity contribution in [1.82, 2.24) is 14.9 Å². The van der Waals surface area contributed by atoms with Gasteiger partial charge < -0.3 is 14.5 Å². The molecule has 2 aromatic heterocycles.